The van der Waals surface area contributed by atoms with Gasteiger partial charge >= 0.3 is 59.1 Å². The maximum Gasteiger partial charge on any atom is 1.00 e. The van der Waals surface area contributed by atoms with E-state index in [1.165, 1.54) is 24.3 Å². The Labute approximate surface area is 409 Å². The van der Waals surface area contributed by atoms with Crippen LogP contribution in [0.2, 0.25) is 10.0 Å². The molecular weight excluding hydrogens is 909 g/mol. The molecule has 2 heterocycles. The van der Waals surface area contributed by atoms with E-state index in [9.17, 15) is 36.2 Å². The number of aliphatic hydroxyl groups is 2. The monoisotopic (exact) mass is 940 g/mol. The molecule has 0 saturated carbocycles. The van der Waals surface area contributed by atoms with Crippen molar-refractivity contribution in [3.8, 4) is 0 Å². The number of para-hydroxylation sites is 2. The molecule has 26 heteroatoms. The van der Waals surface area contributed by atoms with Gasteiger partial charge in [-0.05, 0) is 59.7 Å². The standard InChI is InChI=1S/C36H34Cl2N12O8S2.2Na/c37-25-5-1-3-7-27(25)43-35-47-31(39-15-17-51)45-33(49-35)41-23-13-11-21(29(19-23)59(53,54)55)9-10-22-12-14-24(20-30(22)60(56,57)58)42-34-46-32(40-16-18-52)48-36(50-34)44-28-8-4-2-6-26(28)38;;/h1-14,19-20,51-52H,15-18H2,(H,53,54,55)(H,56,57,58)(H3,39,41,43,45,47,49)(H3,40,42,44,46,48,50);;/q;2*+1/p-2/b10-9+;;. The van der Waals surface area contributed by atoms with Gasteiger partial charge in [-0.15, -0.1) is 0 Å². The second-order valence-electron chi connectivity index (χ2n) is 12.1. The van der Waals surface area contributed by atoms with Crippen LogP contribution in [0, 0.1) is 0 Å². The smallest absolute Gasteiger partial charge is 0.744 e. The van der Waals surface area contributed by atoms with Gasteiger partial charge in [-0.3, -0.25) is 0 Å². The van der Waals surface area contributed by atoms with Gasteiger partial charge in [-0.1, -0.05) is 71.8 Å². The van der Waals surface area contributed by atoms with Crippen LogP contribution in [0.15, 0.2) is 94.7 Å². The van der Waals surface area contributed by atoms with E-state index < -0.39 is 30.0 Å². The van der Waals surface area contributed by atoms with E-state index in [0.717, 1.165) is 24.3 Å². The quantitative estimate of drug-likeness (QED) is 0.0295. The molecule has 0 aliphatic heterocycles. The van der Waals surface area contributed by atoms with Crippen molar-refractivity contribution in [3.63, 3.8) is 0 Å². The summed E-state index contributed by atoms with van der Waals surface area (Å²) in [4.78, 5) is 24.2. The van der Waals surface area contributed by atoms with E-state index in [2.05, 4.69) is 61.8 Å². The molecule has 312 valence electrons. The molecule has 0 unspecified atom stereocenters. The van der Waals surface area contributed by atoms with E-state index in [1.807, 2.05) is 0 Å². The van der Waals surface area contributed by atoms with Crippen molar-refractivity contribution in [3.05, 3.63) is 106 Å². The van der Waals surface area contributed by atoms with Crippen molar-refractivity contribution in [1.29, 1.82) is 0 Å². The summed E-state index contributed by atoms with van der Waals surface area (Å²) < 4.78 is 74.9. The topological polar surface area (TPSA) is 304 Å². The minimum Gasteiger partial charge on any atom is -0.744 e. The number of halogens is 2. The molecule has 0 saturated heterocycles. The molecule has 4 aromatic carbocycles. The summed E-state index contributed by atoms with van der Waals surface area (Å²) in [6.45, 7) is -0.281. The first-order valence-corrected chi connectivity index (χ1v) is 20.9. The van der Waals surface area contributed by atoms with E-state index in [4.69, 9.17) is 23.2 Å². The van der Waals surface area contributed by atoms with Crippen molar-refractivity contribution < 1.29 is 95.3 Å². The van der Waals surface area contributed by atoms with Gasteiger partial charge in [0.1, 0.15) is 20.2 Å². The Balaban J connectivity index is 0.00000422. The molecule has 8 N–H and O–H groups in total. The first-order valence-electron chi connectivity index (χ1n) is 17.4. The predicted octanol–water partition coefficient (Wildman–Crippen LogP) is -0.867. The Morgan fingerprint density at radius 3 is 1.19 bits per heavy atom. The van der Waals surface area contributed by atoms with Gasteiger partial charge in [0.05, 0.1) is 44.4 Å². The number of anilines is 10. The van der Waals surface area contributed by atoms with E-state index in [0.29, 0.717) is 21.4 Å². The Bertz CT molecular complexity index is 2600. The molecule has 62 heavy (non-hydrogen) atoms. The van der Waals surface area contributed by atoms with Crippen LogP contribution in [-0.2, 0) is 20.2 Å². The minimum atomic E-state index is -5.14. The Hall–Kier alpha value is -4.24. The molecule has 0 aliphatic rings. The number of rotatable bonds is 18. The summed E-state index contributed by atoms with van der Waals surface area (Å²) in [5.41, 5.74) is 0.809. The van der Waals surface area contributed by atoms with Gasteiger partial charge in [0.25, 0.3) is 0 Å². The van der Waals surface area contributed by atoms with E-state index in [1.54, 1.807) is 48.5 Å². The molecule has 0 aliphatic carbocycles. The molecule has 0 bridgehead atoms. The molecule has 0 fully saturated rings. The van der Waals surface area contributed by atoms with Crippen LogP contribution in [0.4, 0.5) is 58.4 Å². The fourth-order valence-electron chi connectivity index (χ4n) is 5.21. The average Bonchev–Trinajstić information content (AvgIpc) is 3.20. The predicted molar refractivity (Wildman–Crippen MR) is 225 cm³/mol. The first kappa shape index (κ1) is 50.4. The summed E-state index contributed by atoms with van der Waals surface area (Å²) in [6, 6.07) is 21.0. The maximum absolute atomic E-state index is 12.5. The van der Waals surface area contributed by atoms with Gasteiger partial charge in [-0.25, -0.2) is 16.8 Å². The third-order valence-corrected chi connectivity index (χ3v) is 10.3. The molecule has 2 aromatic heterocycles. The minimum absolute atomic E-state index is 0. The zero-order valence-corrected chi connectivity index (χ0v) is 39.8. The van der Waals surface area contributed by atoms with Gasteiger partial charge < -0.3 is 51.2 Å². The molecule has 0 radical (unpaired) electrons. The van der Waals surface area contributed by atoms with Gasteiger partial charge in [-0.2, -0.15) is 29.9 Å². The largest absolute Gasteiger partial charge is 1.00 e. The Morgan fingerprint density at radius 2 is 0.855 bits per heavy atom. The van der Waals surface area contributed by atoms with E-state index >= 15 is 0 Å². The summed E-state index contributed by atoms with van der Waals surface area (Å²) in [5.74, 6) is -0.0161. The molecule has 0 amide bonds. The Morgan fingerprint density at radius 1 is 0.516 bits per heavy atom. The third kappa shape index (κ3) is 14.1. The number of aromatic nitrogens is 6. The van der Waals surface area contributed by atoms with Crippen LogP contribution in [0.5, 0.6) is 0 Å². The fourth-order valence-corrected chi connectivity index (χ4v) is 6.96. The number of nitrogens with one attached hydrogen (secondary N) is 6. The number of benzene rings is 4. The zero-order chi connectivity index (χ0) is 42.9. The van der Waals surface area contributed by atoms with Crippen molar-refractivity contribution in [2.24, 2.45) is 0 Å². The maximum atomic E-state index is 12.5. The van der Waals surface area contributed by atoms with Crippen molar-refractivity contribution in [2.45, 2.75) is 9.79 Å². The molecule has 6 rings (SSSR count). The van der Waals surface area contributed by atoms with Crippen LogP contribution in [-0.4, -0.2) is 92.4 Å². The normalized spacial score (nSPS) is 11.3. The average molecular weight is 942 g/mol. The van der Waals surface area contributed by atoms with Crippen molar-refractivity contribution >= 4 is 114 Å². The molecule has 0 spiro atoms. The number of hydrogen-bond donors (Lipinski definition) is 8. The van der Waals surface area contributed by atoms with Crippen LogP contribution in [0.25, 0.3) is 12.2 Å². The SMILES string of the molecule is O=S(=O)([O-])c1cc(Nc2nc(NCCO)nc(Nc3ccccc3Cl)n2)ccc1/C=C/c1ccc(Nc2nc(NCCO)nc(Nc3ccccc3Cl)n2)cc1S(=O)(=O)[O-].[Na+].[Na+]. The third-order valence-electron chi connectivity index (χ3n) is 7.82. The van der Waals surface area contributed by atoms with Crippen molar-refractivity contribution in [2.75, 3.05) is 58.2 Å². The zero-order valence-electron chi connectivity index (χ0n) is 32.7. The second-order valence-corrected chi connectivity index (χ2v) is 15.6. The van der Waals surface area contributed by atoms with Crippen LogP contribution in [0.1, 0.15) is 11.1 Å². The van der Waals surface area contributed by atoms with Crippen LogP contribution in [0.3, 0.4) is 0 Å². The van der Waals surface area contributed by atoms with Crippen LogP contribution >= 0.6 is 23.2 Å². The fraction of sp³-hybridized carbons (Fsp3) is 0.111. The van der Waals surface area contributed by atoms with Gasteiger partial charge in [0, 0.05) is 24.5 Å². The summed E-state index contributed by atoms with van der Waals surface area (Å²) in [7, 11) is -10.3. The van der Waals surface area contributed by atoms with Crippen LogP contribution < -0.4 is 91.0 Å². The second kappa shape index (κ2) is 22.9. The number of hydrogen-bond acceptors (Lipinski definition) is 20. The summed E-state index contributed by atoms with van der Waals surface area (Å²) in [5, 5.41) is 36.5. The van der Waals surface area contributed by atoms with E-state index in [-0.39, 0.29) is 144 Å². The van der Waals surface area contributed by atoms with Gasteiger partial charge in [0.15, 0.2) is 0 Å². The van der Waals surface area contributed by atoms with Crippen molar-refractivity contribution in [1.82, 2.24) is 29.9 Å². The Kier molecular flexibility index (Phi) is 18.6. The number of nitrogens with zero attached hydrogens (tertiary/aromatic N) is 6. The molecule has 20 nitrogen and oxygen atoms in total. The molecule has 0 atom stereocenters. The molecular formula is C36H32Cl2N12Na2O8S2. The van der Waals surface area contributed by atoms with Gasteiger partial charge in [0.2, 0.25) is 35.7 Å². The first-order chi connectivity index (χ1) is 28.7. The number of aliphatic hydroxyl groups excluding tert-OH is 2. The summed E-state index contributed by atoms with van der Waals surface area (Å²) in [6.07, 6.45) is 2.32. The summed E-state index contributed by atoms with van der Waals surface area (Å²) >= 11 is 12.5. The molecule has 6 aromatic rings.